The molecule has 208 valence electrons. The van der Waals surface area contributed by atoms with Crippen LogP contribution in [0.2, 0.25) is 5.02 Å². The SMILES string of the molecule is Cc1nc(N2CCCc3cc(C(C)NC(=O)c4ccc(Cl)cc4)ccc32)c2ccccc2n1.O=C([O-])C(F)(F)F. The van der Waals surface area contributed by atoms with E-state index in [4.69, 9.17) is 26.5 Å². The van der Waals surface area contributed by atoms with E-state index in [9.17, 15) is 18.0 Å². The third kappa shape index (κ3) is 6.69. The number of fused-ring (bicyclic) bond motifs is 2. The second-order valence-electron chi connectivity index (χ2n) is 9.24. The van der Waals surface area contributed by atoms with E-state index in [-0.39, 0.29) is 11.9 Å². The van der Waals surface area contributed by atoms with Crippen molar-refractivity contribution in [1.29, 1.82) is 0 Å². The number of alkyl halides is 3. The van der Waals surface area contributed by atoms with Gasteiger partial charge in [-0.1, -0.05) is 35.9 Å². The summed E-state index contributed by atoms with van der Waals surface area (Å²) in [6.07, 6.45) is -3.15. The maximum absolute atomic E-state index is 12.6. The first-order valence-electron chi connectivity index (χ1n) is 12.4. The van der Waals surface area contributed by atoms with Gasteiger partial charge in [0.25, 0.3) is 5.91 Å². The van der Waals surface area contributed by atoms with Gasteiger partial charge in [0, 0.05) is 28.2 Å². The number of nitrogens with zero attached hydrogens (tertiary/aromatic N) is 3. The number of anilines is 2. The highest BCUT2D eigenvalue weighted by Gasteiger charge is 2.29. The minimum absolute atomic E-state index is 0.110. The standard InChI is InChI=1S/C27H25ClN4O.C2HF3O2/c1-17(29-27(33)19-9-12-22(28)13-10-19)20-11-14-25-21(16-20)6-5-15-32(25)26-23-7-3-4-8-24(23)30-18(2)31-26;3-2(4,5)1(6)7/h3-4,7-14,16-17H,5-6,15H2,1-2H3,(H,29,33);(H,6,7)/p-1. The first-order chi connectivity index (χ1) is 18.9. The Hall–Kier alpha value is -4.18. The zero-order valence-corrected chi connectivity index (χ0v) is 22.4. The van der Waals surface area contributed by atoms with Crippen molar-refractivity contribution in [2.24, 2.45) is 0 Å². The van der Waals surface area contributed by atoms with Crippen molar-refractivity contribution in [1.82, 2.24) is 15.3 Å². The molecule has 2 heterocycles. The molecule has 1 N–H and O–H groups in total. The molecular formula is C29H25ClF3N4O3-. The molecule has 0 bridgehead atoms. The molecule has 1 aliphatic heterocycles. The lowest BCUT2D eigenvalue weighted by Gasteiger charge is -2.32. The maximum atomic E-state index is 12.6. The first-order valence-corrected chi connectivity index (χ1v) is 12.8. The number of carboxylic acid groups (broad SMARTS) is 1. The monoisotopic (exact) mass is 569 g/mol. The average molecular weight is 570 g/mol. The van der Waals surface area contributed by atoms with Crippen LogP contribution >= 0.6 is 11.6 Å². The lowest BCUT2D eigenvalue weighted by atomic mass is 9.96. The molecule has 1 aliphatic rings. The Morgan fingerprint density at radius 1 is 1.05 bits per heavy atom. The van der Waals surface area contributed by atoms with E-state index in [2.05, 4.69) is 39.5 Å². The van der Waals surface area contributed by atoms with Crippen LogP contribution in [-0.2, 0) is 11.2 Å². The second-order valence-corrected chi connectivity index (χ2v) is 9.68. The highest BCUT2D eigenvalue weighted by Crippen LogP contribution is 2.37. The van der Waals surface area contributed by atoms with E-state index in [1.807, 2.05) is 32.0 Å². The number of hydrogen-bond acceptors (Lipinski definition) is 6. The van der Waals surface area contributed by atoms with Crippen molar-refractivity contribution in [2.45, 2.75) is 38.9 Å². The topological polar surface area (TPSA) is 98.2 Å². The zero-order valence-electron chi connectivity index (χ0n) is 21.6. The fourth-order valence-electron chi connectivity index (χ4n) is 4.45. The Morgan fingerprint density at radius 3 is 2.40 bits per heavy atom. The summed E-state index contributed by atoms with van der Waals surface area (Å²) < 4.78 is 31.5. The molecule has 11 heteroatoms. The van der Waals surface area contributed by atoms with Crippen LogP contribution in [0.1, 0.15) is 46.7 Å². The molecule has 1 unspecified atom stereocenters. The molecule has 3 aromatic carbocycles. The Kier molecular flexibility index (Phi) is 8.58. The number of benzene rings is 3. The number of amides is 1. The van der Waals surface area contributed by atoms with Crippen molar-refractivity contribution in [3.05, 3.63) is 94.3 Å². The molecule has 0 fully saturated rings. The molecule has 0 radical (unpaired) electrons. The molecule has 1 atom stereocenters. The number of para-hydroxylation sites is 1. The fraction of sp³-hybridized carbons (Fsp3) is 0.241. The van der Waals surface area contributed by atoms with E-state index in [0.717, 1.165) is 47.5 Å². The van der Waals surface area contributed by atoms with E-state index in [0.29, 0.717) is 10.6 Å². The van der Waals surface area contributed by atoms with E-state index >= 15 is 0 Å². The summed E-state index contributed by atoms with van der Waals surface area (Å²) in [7, 11) is 0. The summed E-state index contributed by atoms with van der Waals surface area (Å²) in [5.41, 5.74) is 5.08. The Bertz CT molecular complexity index is 1540. The summed E-state index contributed by atoms with van der Waals surface area (Å²) >= 11 is 5.94. The maximum Gasteiger partial charge on any atom is 0.430 e. The van der Waals surface area contributed by atoms with Gasteiger partial charge in [-0.2, -0.15) is 13.2 Å². The van der Waals surface area contributed by atoms with E-state index in [1.54, 1.807) is 24.3 Å². The summed E-state index contributed by atoms with van der Waals surface area (Å²) in [5, 5.41) is 13.6. The normalized spacial score (nSPS) is 13.6. The third-order valence-electron chi connectivity index (χ3n) is 6.36. The van der Waals surface area contributed by atoms with Gasteiger partial charge < -0.3 is 20.1 Å². The number of carboxylic acids is 1. The zero-order chi connectivity index (χ0) is 29.0. The number of hydrogen-bond donors (Lipinski definition) is 1. The number of carbonyl (C=O) groups excluding carboxylic acids is 2. The molecule has 0 saturated carbocycles. The molecule has 0 spiro atoms. The predicted molar refractivity (Wildman–Crippen MR) is 144 cm³/mol. The number of rotatable bonds is 4. The molecule has 1 amide bonds. The molecule has 1 aromatic heterocycles. The fourth-order valence-corrected chi connectivity index (χ4v) is 4.58. The van der Waals surface area contributed by atoms with Gasteiger partial charge in [-0.3, -0.25) is 4.79 Å². The van der Waals surface area contributed by atoms with Crippen molar-refractivity contribution < 1.29 is 27.9 Å². The summed E-state index contributed by atoms with van der Waals surface area (Å²) in [4.78, 5) is 33.1. The predicted octanol–water partition coefficient (Wildman–Crippen LogP) is 5.47. The van der Waals surface area contributed by atoms with Crippen LogP contribution in [0.3, 0.4) is 0 Å². The first kappa shape index (κ1) is 28.8. The average Bonchev–Trinajstić information content (AvgIpc) is 2.92. The van der Waals surface area contributed by atoms with Gasteiger partial charge in [0.15, 0.2) is 0 Å². The molecule has 0 saturated heterocycles. The van der Waals surface area contributed by atoms with E-state index < -0.39 is 12.1 Å². The van der Waals surface area contributed by atoms with Crippen LogP contribution in [0.15, 0.2) is 66.7 Å². The third-order valence-corrected chi connectivity index (χ3v) is 6.61. The lowest BCUT2D eigenvalue weighted by Crippen LogP contribution is -2.37. The summed E-state index contributed by atoms with van der Waals surface area (Å²) in [6, 6.07) is 21.4. The highest BCUT2D eigenvalue weighted by atomic mass is 35.5. The smallest absolute Gasteiger partial charge is 0.430 e. The van der Waals surface area contributed by atoms with Gasteiger partial charge in [-0.15, -0.1) is 0 Å². The highest BCUT2D eigenvalue weighted by molar-refractivity contribution is 6.30. The number of carbonyl (C=O) groups is 2. The molecule has 7 nitrogen and oxygen atoms in total. The second kappa shape index (κ2) is 11.9. The van der Waals surface area contributed by atoms with Gasteiger partial charge in [0.2, 0.25) is 0 Å². The number of aliphatic carboxylic acids is 1. The van der Waals surface area contributed by atoms with Crippen molar-refractivity contribution in [2.75, 3.05) is 11.4 Å². The lowest BCUT2D eigenvalue weighted by molar-refractivity contribution is -0.344. The Balaban J connectivity index is 0.000000470. The number of nitrogens with one attached hydrogen (secondary N) is 1. The molecular weight excluding hydrogens is 545 g/mol. The van der Waals surface area contributed by atoms with Crippen LogP contribution in [-0.4, -0.2) is 34.6 Å². The number of halogens is 4. The molecule has 40 heavy (non-hydrogen) atoms. The Labute approximate surface area is 233 Å². The van der Waals surface area contributed by atoms with Crippen LogP contribution in [0.5, 0.6) is 0 Å². The minimum atomic E-state index is -5.19. The van der Waals surface area contributed by atoms with Crippen LogP contribution in [0.25, 0.3) is 10.9 Å². The van der Waals surface area contributed by atoms with Crippen molar-refractivity contribution in [3.63, 3.8) is 0 Å². The largest absolute Gasteiger partial charge is 0.542 e. The molecule has 5 rings (SSSR count). The molecule has 4 aromatic rings. The van der Waals surface area contributed by atoms with Gasteiger partial charge in [-0.25, -0.2) is 9.97 Å². The van der Waals surface area contributed by atoms with Crippen molar-refractivity contribution >= 4 is 45.9 Å². The van der Waals surface area contributed by atoms with Gasteiger partial charge in [-0.05, 0) is 80.3 Å². The van der Waals surface area contributed by atoms with Crippen molar-refractivity contribution in [3.8, 4) is 0 Å². The van der Waals surface area contributed by atoms with E-state index in [1.165, 1.54) is 11.3 Å². The molecule has 0 aliphatic carbocycles. The summed E-state index contributed by atoms with van der Waals surface area (Å²) in [5.74, 6) is -1.39. The minimum Gasteiger partial charge on any atom is -0.542 e. The number of aryl methyl sites for hydroxylation is 2. The summed E-state index contributed by atoms with van der Waals surface area (Å²) in [6.45, 7) is 4.86. The van der Waals surface area contributed by atoms with Crippen LogP contribution < -0.4 is 15.3 Å². The number of aromatic nitrogens is 2. The van der Waals surface area contributed by atoms with Gasteiger partial charge in [0.1, 0.15) is 17.6 Å². The van der Waals surface area contributed by atoms with Gasteiger partial charge >= 0.3 is 6.18 Å². The Morgan fingerprint density at radius 2 is 1.73 bits per heavy atom. The van der Waals surface area contributed by atoms with Gasteiger partial charge in [0.05, 0.1) is 11.6 Å². The van der Waals surface area contributed by atoms with Crippen LogP contribution in [0.4, 0.5) is 24.7 Å². The van der Waals surface area contributed by atoms with Crippen LogP contribution in [0, 0.1) is 6.92 Å². The quantitative estimate of drug-likeness (QED) is 0.350.